The molecule has 128 valence electrons. The summed E-state index contributed by atoms with van der Waals surface area (Å²) in [6.07, 6.45) is 0.713. The van der Waals surface area contributed by atoms with Gasteiger partial charge in [0.25, 0.3) is 0 Å². The number of nitrogen functional groups attached to an aromatic ring is 1. The van der Waals surface area contributed by atoms with E-state index >= 15 is 0 Å². The van der Waals surface area contributed by atoms with Crippen molar-refractivity contribution in [1.29, 1.82) is 0 Å². The highest BCUT2D eigenvalue weighted by molar-refractivity contribution is 5.64. The van der Waals surface area contributed by atoms with Gasteiger partial charge in [-0.25, -0.2) is 9.18 Å². The van der Waals surface area contributed by atoms with Crippen LogP contribution in [0.25, 0.3) is 0 Å². The predicted molar refractivity (Wildman–Crippen MR) is 90.6 cm³/mol. The Hall–Kier alpha value is -2.83. The lowest BCUT2D eigenvalue weighted by Crippen LogP contribution is -2.20. The average Bonchev–Trinajstić information content (AvgIpc) is 2.76. The highest BCUT2D eigenvalue weighted by Crippen LogP contribution is 2.19. The molecule has 0 saturated carbocycles. The van der Waals surface area contributed by atoms with Crippen LogP contribution in [0.1, 0.15) is 22.5 Å². The molecule has 0 spiro atoms. The summed E-state index contributed by atoms with van der Waals surface area (Å²) < 4.78 is 15.5. The van der Waals surface area contributed by atoms with Gasteiger partial charge in [-0.1, -0.05) is 12.1 Å². The lowest BCUT2D eigenvalue weighted by Gasteiger charge is -2.05. The van der Waals surface area contributed by atoms with Gasteiger partial charge < -0.3 is 16.2 Å². The molecule has 1 amide bonds. The number of nitrogens with zero attached hydrogens (tertiary/aromatic N) is 2. The SMILES string of the molecule is Cc1nn(CC(F)=CCNC(=O)O)c(C)c1Cc1ccc(N)cc1. The molecule has 0 bridgehead atoms. The number of halogens is 1. The topological polar surface area (TPSA) is 93.2 Å². The summed E-state index contributed by atoms with van der Waals surface area (Å²) in [6, 6.07) is 7.62. The van der Waals surface area contributed by atoms with E-state index in [1.165, 1.54) is 6.08 Å². The van der Waals surface area contributed by atoms with E-state index in [2.05, 4.69) is 10.4 Å². The van der Waals surface area contributed by atoms with Crippen molar-refractivity contribution in [3.05, 3.63) is 58.7 Å². The van der Waals surface area contributed by atoms with Gasteiger partial charge in [0, 0.05) is 29.9 Å². The first-order chi connectivity index (χ1) is 11.4. The molecule has 0 unspecified atom stereocenters. The summed E-state index contributed by atoms with van der Waals surface area (Å²) in [7, 11) is 0. The second kappa shape index (κ2) is 7.63. The Kier molecular flexibility index (Phi) is 5.57. The number of hydrogen-bond acceptors (Lipinski definition) is 3. The zero-order chi connectivity index (χ0) is 17.7. The highest BCUT2D eigenvalue weighted by Gasteiger charge is 2.13. The third-order valence-corrected chi connectivity index (χ3v) is 3.77. The van der Waals surface area contributed by atoms with E-state index in [0.717, 1.165) is 22.5 Å². The second-order valence-corrected chi connectivity index (χ2v) is 5.56. The molecule has 4 N–H and O–H groups in total. The molecule has 0 aliphatic rings. The molecule has 24 heavy (non-hydrogen) atoms. The van der Waals surface area contributed by atoms with E-state index in [9.17, 15) is 9.18 Å². The number of rotatable bonds is 6. The Morgan fingerprint density at radius 3 is 2.67 bits per heavy atom. The lowest BCUT2D eigenvalue weighted by atomic mass is 10.0. The molecule has 0 fully saturated rings. The Morgan fingerprint density at radius 2 is 2.04 bits per heavy atom. The van der Waals surface area contributed by atoms with Crippen molar-refractivity contribution in [2.24, 2.45) is 0 Å². The van der Waals surface area contributed by atoms with Crippen LogP contribution in [0.4, 0.5) is 14.9 Å². The Labute approximate surface area is 139 Å². The minimum atomic E-state index is -1.18. The minimum absolute atomic E-state index is 0.0181. The zero-order valence-electron chi connectivity index (χ0n) is 13.7. The maximum atomic E-state index is 13.9. The van der Waals surface area contributed by atoms with Gasteiger partial charge in [0.05, 0.1) is 12.2 Å². The summed E-state index contributed by atoms with van der Waals surface area (Å²) in [5.74, 6) is -0.437. The van der Waals surface area contributed by atoms with Crippen LogP contribution in [0.15, 0.2) is 36.2 Å². The first-order valence-electron chi connectivity index (χ1n) is 7.55. The van der Waals surface area contributed by atoms with Crippen LogP contribution >= 0.6 is 0 Å². The molecule has 6 nitrogen and oxygen atoms in total. The first kappa shape index (κ1) is 17.5. The molecule has 0 aliphatic heterocycles. The van der Waals surface area contributed by atoms with Crippen LogP contribution in [0, 0.1) is 13.8 Å². The van der Waals surface area contributed by atoms with Gasteiger partial charge in [0.1, 0.15) is 5.83 Å². The Morgan fingerprint density at radius 1 is 1.38 bits per heavy atom. The number of nitrogens with two attached hydrogens (primary N) is 1. The molecule has 2 rings (SSSR count). The van der Waals surface area contributed by atoms with Crippen LogP contribution in [-0.2, 0) is 13.0 Å². The number of nitrogens with one attached hydrogen (secondary N) is 1. The summed E-state index contributed by atoms with van der Waals surface area (Å²) in [6.45, 7) is 3.70. The van der Waals surface area contributed by atoms with E-state index in [-0.39, 0.29) is 13.1 Å². The predicted octanol–water partition coefficient (Wildman–Crippen LogP) is 2.79. The fraction of sp³-hybridized carbons (Fsp3) is 0.294. The van der Waals surface area contributed by atoms with Crippen molar-refractivity contribution in [1.82, 2.24) is 15.1 Å². The van der Waals surface area contributed by atoms with E-state index in [1.807, 2.05) is 38.1 Å². The number of amides is 1. The van der Waals surface area contributed by atoms with Gasteiger partial charge in [-0.2, -0.15) is 5.10 Å². The van der Waals surface area contributed by atoms with Crippen molar-refractivity contribution in [2.75, 3.05) is 12.3 Å². The van der Waals surface area contributed by atoms with Crippen LogP contribution in [0.2, 0.25) is 0 Å². The first-order valence-corrected chi connectivity index (χ1v) is 7.55. The van der Waals surface area contributed by atoms with E-state index in [1.54, 1.807) is 4.68 Å². The molecular formula is C17H21FN4O2. The van der Waals surface area contributed by atoms with Crippen LogP contribution in [0.3, 0.4) is 0 Å². The van der Waals surface area contributed by atoms with E-state index in [4.69, 9.17) is 10.8 Å². The van der Waals surface area contributed by atoms with Crippen LogP contribution in [0.5, 0.6) is 0 Å². The highest BCUT2D eigenvalue weighted by atomic mass is 19.1. The number of anilines is 1. The molecular weight excluding hydrogens is 311 g/mol. The molecule has 0 atom stereocenters. The van der Waals surface area contributed by atoms with Crippen molar-refractivity contribution in [3.8, 4) is 0 Å². The fourth-order valence-electron chi connectivity index (χ4n) is 2.44. The van der Waals surface area contributed by atoms with E-state index < -0.39 is 11.9 Å². The molecule has 1 aromatic heterocycles. The maximum Gasteiger partial charge on any atom is 0.404 e. The zero-order valence-corrected chi connectivity index (χ0v) is 13.7. The monoisotopic (exact) mass is 332 g/mol. The van der Waals surface area contributed by atoms with Crippen molar-refractivity contribution < 1.29 is 14.3 Å². The van der Waals surface area contributed by atoms with Gasteiger partial charge in [-0.3, -0.25) is 4.68 Å². The molecule has 1 aromatic carbocycles. The third-order valence-electron chi connectivity index (χ3n) is 3.77. The van der Waals surface area contributed by atoms with Crippen LogP contribution < -0.4 is 11.1 Å². The summed E-state index contributed by atoms with van der Waals surface area (Å²) in [4.78, 5) is 10.3. The van der Waals surface area contributed by atoms with Gasteiger partial charge in [-0.05, 0) is 37.6 Å². The largest absolute Gasteiger partial charge is 0.465 e. The van der Waals surface area contributed by atoms with Crippen LogP contribution in [-0.4, -0.2) is 27.5 Å². The minimum Gasteiger partial charge on any atom is -0.465 e. The second-order valence-electron chi connectivity index (χ2n) is 5.56. The number of carboxylic acid groups (broad SMARTS) is 1. The molecule has 7 heteroatoms. The van der Waals surface area contributed by atoms with Crippen molar-refractivity contribution in [2.45, 2.75) is 26.8 Å². The molecule has 0 saturated heterocycles. The van der Waals surface area contributed by atoms with Gasteiger partial charge in [-0.15, -0.1) is 0 Å². The summed E-state index contributed by atoms with van der Waals surface area (Å²) in [5.41, 5.74) is 10.3. The number of carbonyl (C=O) groups is 1. The molecule has 0 radical (unpaired) electrons. The smallest absolute Gasteiger partial charge is 0.404 e. The van der Waals surface area contributed by atoms with Crippen molar-refractivity contribution in [3.63, 3.8) is 0 Å². The number of benzene rings is 1. The fourth-order valence-corrected chi connectivity index (χ4v) is 2.44. The standard InChI is InChI=1S/C17H21FN4O2/c1-11-16(9-13-3-5-15(19)6-4-13)12(2)22(21-11)10-14(18)7-8-20-17(23)24/h3-7,20H,8-10,19H2,1-2H3,(H,23,24). The molecule has 0 aliphatic carbocycles. The van der Waals surface area contributed by atoms with E-state index in [0.29, 0.717) is 12.1 Å². The molecule has 1 heterocycles. The number of aromatic nitrogens is 2. The van der Waals surface area contributed by atoms with Gasteiger partial charge >= 0.3 is 6.09 Å². The molecule has 2 aromatic rings. The summed E-state index contributed by atoms with van der Waals surface area (Å²) >= 11 is 0. The average molecular weight is 332 g/mol. The number of aryl methyl sites for hydroxylation is 1. The normalized spacial score (nSPS) is 11.5. The number of allylic oxidation sites excluding steroid dienone is 1. The number of hydrogen-bond donors (Lipinski definition) is 3. The quantitative estimate of drug-likeness (QED) is 0.709. The van der Waals surface area contributed by atoms with Crippen molar-refractivity contribution >= 4 is 11.8 Å². The van der Waals surface area contributed by atoms with Gasteiger partial charge in [0.2, 0.25) is 0 Å². The third kappa shape index (κ3) is 4.58. The lowest BCUT2D eigenvalue weighted by molar-refractivity contribution is 0.195. The van der Waals surface area contributed by atoms with Gasteiger partial charge in [0.15, 0.2) is 0 Å². The Balaban J connectivity index is 2.10. The summed E-state index contributed by atoms with van der Waals surface area (Å²) in [5, 5.41) is 14.9. The Bertz CT molecular complexity index is 751. The maximum absolute atomic E-state index is 13.9.